The summed E-state index contributed by atoms with van der Waals surface area (Å²) < 4.78 is 0.932. The second-order valence-corrected chi connectivity index (χ2v) is 8.89. The lowest BCUT2D eigenvalue weighted by atomic mass is 10.2. The number of carbonyl (C=O) groups is 1. The van der Waals surface area contributed by atoms with E-state index in [1.54, 1.807) is 47.8 Å². The molecule has 0 unspecified atom stereocenters. The molecule has 0 aromatic heterocycles. The first-order chi connectivity index (χ1) is 15.1. The molecular formula is C25H21NO3S2. The van der Waals surface area contributed by atoms with Crippen molar-refractivity contribution in [3.8, 4) is 0 Å². The van der Waals surface area contributed by atoms with E-state index in [-0.39, 0.29) is 11.5 Å². The highest BCUT2D eigenvalue weighted by atomic mass is 32.2. The molecule has 0 atom stereocenters. The summed E-state index contributed by atoms with van der Waals surface area (Å²) >= 11 is 3.26. The van der Waals surface area contributed by atoms with Crippen molar-refractivity contribution in [3.63, 3.8) is 0 Å². The molecule has 0 spiro atoms. The second kappa shape index (κ2) is 11.9. The van der Waals surface area contributed by atoms with Gasteiger partial charge >= 0.3 is 0 Å². The lowest BCUT2D eigenvalue weighted by Crippen LogP contribution is -1.90. The fourth-order valence-corrected chi connectivity index (χ4v) is 4.76. The largest absolute Gasteiger partial charge is 0.290 e. The number of nitrogens with zero attached hydrogens (tertiary/aromatic N) is 1. The summed E-state index contributed by atoms with van der Waals surface area (Å²) in [6.07, 6.45) is 4.69. The summed E-state index contributed by atoms with van der Waals surface area (Å²) in [5, 5.41) is 10.9. The summed E-state index contributed by atoms with van der Waals surface area (Å²) in [5.41, 5.74) is 3.01. The van der Waals surface area contributed by atoms with Gasteiger partial charge < -0.3 is 0 Å². The molecule has 6 heteroatoms. The van der Waals surface area contributed by atoms with Gasteiger partial charge in [-0.1, -0.05) is 78.9 Å². The van der Waals surface area contributed by atoms with Crippen LogP contribution < -0.4 is 0 Å². The van der Waals surface area contributed by atoms with Crippen LogP contribution in [0.25, 0.3) is 6.08 Å². The zero-order valence-corrected chi connectivity index (χ0v) is 18.4. The average molecular weight is 448 g/mol. The zero-order valence-electron chi connectivity index (χ0n) is 16.7. The molecule has 31 heavy (non-hydrogen) atoms. The topological polar surface area (TPSA) is 60.2 Å². The average Bonchev–Trinajstić information content (AvgIpc) is 2.81. The van der Waals surface area contributed by atoms with E-state index in [9.17, 15) is 14.9 Å². The number of ketones is 1. The number of hydrogen-bond acceptors (Lipinski definition) is 5. The van der Waals surface area contributed by atoms with Crippen molar-refractivity contribution in [3.05, 3.63) is 128 Å². The molecule has 0 aliphatic heterocycles. The molecular weight excluding hydrogens is 426 g/mol. The van der Waals surface area contributed by atoms with Crippen LogP contribution in [0, 0.1) is 10.1 Å². The van der Waals surface area contributed by atoms with Crippen molar-refractivity contribution < 1.29 is 9.72 Å². The number of thioether (sulfide) groups is 2. The molecule has 0 saturated heterocycles. The van der Waals surface area contributed by atoms with E-state index in [1.807, 2.05) is 36.4 Å². The Morgan fingerprint density at radius 1 is 0.839 bits per heavy atom. The number of nitro groups is 1. The van der Waals surface area contributed by atoms with E-state index in [1.165, 1.54) is 29.3 Å². The van der Waals surface area contributed by atoms with Gasteiger partial charge in [-0.05, 0) is 22.8 Å². The van der Waals surface area contributed by atoms with Crippen LogP contribution in [0.5, 0.6) is 0 Å². The minimum Gasteiger partial charge on any atom is -0.290 e. The Bertz CT molecular complexity index is 1030. The molecule has 0 heterocycles. The number of nitro benzene ring substituents is 1. The van der Waals surface area contributed by atoms with Crippen LogP contribution in [0.15, 0.2) is 101 Å². The summed E-state index contributed by atoms with van der Waals surface area (Å²) in [6.45, 7) is 0. The third-order valence-electron chi connectivity index (χ3n) is 4.23. The molecule has 0 fully saturated rings. The van der Waals surface area contributed by atoms with Crippen LogP contribution in [0.2, 0.25) is 0 Å². The number of hydrogen-bond donors (Lipinski definition) is 0. The number of rotatable bonds is 10. The molecule has 3 aromatic carbocycles. The van der Waals surface area contributed by atoms with Gasteiger partial charge in [-0.3, -0.25) is 14.9 Å². The molecule has 0 amide bonds. The van der Waals surface area contributed by atoms with Crippen molar-refractivity contribution in [1.29, 1.82) is 0 Å². The van der Waals surface area contributed by atoms with Gasteiger partial charge in [0, 0.05) is 34.0 Å². The maximum Gasteiger partial charge on any atom is 0.270 e. The molecule has 156 valence electrons. The molecule has 0 N–H and O–H groups in total. The third kappa shape index (κ3) is 7.92. The van der Waals surface area contributed by atoms with Crippen molar-refractivity contribution in [1.82, 2.24) is 0 Å². The molecule has 0 aliphatic rings. The smallest absolute Gasteiger partial charge is 0.270 e. The SMILES string of the molecule is O=C(C=C(SCc1ccccc1)SCc1ccccc1)/C=C/c1cccc([N+](=O)[O-])c1. The van der Waals surface area contributed by atoms with E-state index in [0.29, 0.717) is 5.56 Å². The summed E-state index contributed by atoms with van der Waals surface area (Å²) in [4.78, 5) is 23.0. The molecule has 0 saturated carbocycles. The van der Waals surface area contributed by atoms with Gasteiger partial charge in [0.15, 0.2) is 5.78 Å². The van der Waals surface area contributed by atoms with Crippen LogP contribution in [0.4, 0.5) is 5.69 Å². The minimum atomic E-state index is -0.447. The number of non-ortho nitro benzene ring substituents is 1. The Labute approximate surface area is 190 Å². The van der Waals surface area contributed by atoms with Crippen molar-refractivity contribution in [2.75, 3.05) is 0 Å². The first kappa shape index (κ1) is 22.6. The Balaban J connectivity index is 1.70. The first-order valence-electron chi connectivity index (χ1n) is 9.62. The fourth-order valence-electron chi connectivity index (χ4n) is 2.67. The molecule has 4 nitrogen and oxygen atoms in total. The third-order valence-corrected chi connectivity index (χ3v) is 6.70. The lowest BCUT2D eigenvalue weighted by molar-refractivity contribution is -0.384. The van der Waals surface area contributed by atoms with Gasteiger partial charge in [0.25, 0.3) is 5.69 Å². The van der Waals surface area contributed by atoms with Crippen LogP contribution in [-0.2, 0) is 16.3 Å². The second-order valence-electron chi connectivity index (χ2n) is 6.60. The highest BCUT2D eigenvalue weighted by Gasteiger charge is 2.06. The molecule has 3 rings (SSSR count). The molecule has 0 aliphatic carbocycles. The van der Waals surface area contributed by atoms with Gasteiger partial charge in [0.1, 0.15) is 0 Å². The fraction of sp³-hybridized carbons (Fsp3) is 0.0800. The molecule has 3 aromatic rings. The Kier molecular flexibility index (Phi) is 8.70. The predicted octanol–water partition coefficient (Wildman–Crippen LogP) is 6.89. The molecule has 0 radical (unpaired) electrons. The maximum atomic E-state index is 12.5. The van der Waals surface area contributed by atoms with Crippen LogP contribution in [0.3, 0.4) is 0 Å². The van der Waals surface area contributed by atoms with E-state index in [4.69, 9.17) is 0 Å². The predicted molar refractivity (Wildman–Crippen MR) is 131 cm³/mol. The van der Waals surface area contributed by atoms with E-state index < -0.39 is 4.92 Å². The summed E-state index contributed by atoms with van der Waals surface area (Å²) in [7, 11) is 0. The zero-order chi connectivity index (χ0) is 21.9. The van der Waals surface area contributed by atoms with Crippen LogP contribution >= 0.6 is 23.5 Å². The van der Waals surface area contributed by atoms with E-state index in [0.717, 1.165) is 15.7 Å². The van der Waals surface area contributed by atoms with Crippen molar-refractivity contribution >= 4 is 41.1 Å². The Morgan fingerprint density at radius 2 is 1.42 bits per heavy atom. The quantitative estimate of drug-likeness (QED) is 0.192. The highest BCUT2D eigenvalue weighted by Crippen LogP contribution is 2.33. The highest BCUT2D eigenvalue weighted by molar-refractivity contribution is 8.21. The van der Waals surface area contributed by atoms with Gasteiger partial charge in [-0.25, -0.2) is 0 Å². The Morgan fingerprint density at radius 3 is 1.97 bits per heavy atom. The van der Waals surface area contributed by atoms with Crippen molar-refractivity contribution in [2.24, 2.45) is 0 Å². The number of allylic oxidation sites excluding steroid dienone is 2. The standard InChI is InChI=1S/C25H21NO3S2/c27-24(15-14-20-12-7-13-23(16-20)26(28)29)17-25(30-18-21-8-3-1-4-9-21)31-19-22-10-5-2-6-11-22/h1-17H,18-19H2/b15-14+. The van der Waals surface area contributed by atoms with Crippen LogP contribution in [0.1, 0.15) is 16.7 Å². The monoisotopic (exact) mass is 447 g/mol. The number of carbonyl (C=O) groups excluding carboxylic acids is 1. The van der Waals surface area contributed by atoms with Crippen LogP contribution in [-0.4, -0.2) is 10.7 Å². The Hall–Kier alpha value is -3.09. The van der Waals surface area contributed by atoms with Gasteiger partial charge in [0.2, 0.25) is 0 Å². The van der Waals surface area contributed by atoms with Crippen molar-refractivity contribution in [2.45, 2.75) is 11.5 Å². The van der Waals surface area contributed by atoms with E-state index in [2.05, 4.69) is 24.3 Å². The molecule has 0 bridgehead atoms. The van der Waals surface area contributed by atoms with Gasteiger partial charge in [-0.2, -0.15) is 0 Å². The minimum absolute atomic E-state index is 0.00247. The number of benzene rings is 3. The van der Waals surface area contributed by atoms with E-state index >= 15 is 0 Å². The van der Waals surface area contributed by atoms with Gasteiger partial charge in [0.05, 0.1) is 4.92 Å². The maximum absolute atomic E-state index is 12.5. The lowest BCUT2D eigenvalue weighted by Gasteiger charge is -2.07. The summed E-state index contributed by atoms with van der Waals surface area (Å²) in [6, 6.07) is 26.5. The first-order valence-corrected chi connectivity index (χ1v) is 11.6. The summed E-state index contributed by atoms with van der Waals surface area (Å²) in [5.74, 6) is 1.40. The normalized spacial score (nSPS) is 10.7. The van der Waals surface area contributed by atoms with Gasteiger partial charge in [-0.15, -0.1) is 23.5 Å².